The highest BCUT2D eigenvalue weighted by Gasteiger charge is 2.30. The van der Waals surface area contributed by atoms with E-state index < -0.39 is 11.7 Å². The Labute approximate surface area is 179 Å². The quantitative estimate of drug-likeness (QED) is 0.724. The Morgan fingerprint density at radius 2 is 1.52 bits per heavy atom. The highest BCUT2D eigenvalue weighted by molar-refractivity contribution is 5.93. The smallest absolute Gasteiger partial charge is 0.326 e. The molecule has 0 aliphatic carbocycles. The molecular weight excluding hydrogens is 407 g/mol. The molecule has 0 atom stereocenters. The number of hydrogen-bond acceptors (Lipinski definition) is 3. The topological polar surface area (TPSA) is 61.4 Å². The van der Waals surface area contributed by atoms with E-state index in [9.17, 15) is 22.8 Å². The summed E-state index contributed by atoms with van der Waals surface area (Å²) in [6.07, 6.45) is -3.23. The summed E-state index contributed by atoms with van der Waals surface area (Å²) >= 11 is 0. The number of hydrogen-bond donors (Lipinski definition) is 2. The van der Waals surface area contributed by atoms with Gasteiger partial charge in [-0.25, -0.2) is 0 Å². The van der Waals surface area contributed by atoms with E-state index >= 15 is 0 Å². The van der Waals surface area contributed by atoms with Crippen LogP contribution in [0.15, 0.2) is 42.5 Å². The first-order valence-electron chi connectivity index (χ1n) is 10.2. The third-order valence-corrected chi connectivity index (χ3v) is 5.31. The van der Waals surface area contributed by atoms with E-state index in [1.54, 1.807) is 0 Å². The van der Waals surface area contributed by atoms with Crippen molar-refractivity contribution in [2.75, 3.05) is 30.3 Å². The average molecular weight is 433 g/mol. The third-order valence-electron chi connectivity index (χ3n) is 5.31. The first kappa shape index (κ1) is 22.8. The fourth-order valence-electron chi connectivity index (χ4n) is 3.79. The molecule has 1 fully saturated rings. The maximum absolute atomic E-state index is 12.6. The van der Waals surface area contributed by atoms with Crippen molar-refractivity contribution >= 4 is 23.2 Å². The van der Waals surface area contributed by atoms with E-state index in [4.69, 9.17) is 0 Å². The van der Waals surface area contributed by atoms with Crippen LogP contribution in [0.25, 0.3) is 0 Å². The molecule has 5 nitrogen and oxygen atoms in total. The van der Waals surface area contributed by atoms with E-state index in [1.807, 2.05) is 36.9 Å². The van der Waals surface area contributed by atoms with E-state index in [1.165, 1.54) is 12.1 Å². The van der Waals surface area contributed by atoms with Crippen LogP contribution in [0.5, 0.6) is 0 Å². The summed E-state index contributed by atoms with van der Waals surface area (Å²) in [7, 11) is 0. The lowest BCUT2D eigenvalue weighted by Gasteiger charge is -2.30. The van der Waals surface area contributed by atoms with Crippen molar-refractivity contribution in [3.8, 4) is 0 Å². The Bertz CT molecular complexity index is 914. The zero-order valence-corrected chi connectivity index (χ0v) is 17.6. The van der Waals surface area contributed by atoms with Crippen molar-refractivity contribution in [1.82, 2.24) is 4.90 Å². The molecule has 2 N–H and O–H groups in total. The Kier molecular flexibility index (Phi) is 7.00. The zero-order valence-electron chi connectivity index (χ0n) is 17.6. The minimum atomic E-state index is -4.40. The van der Waals surface area contributed by atoms with Gasteiger partial charge in [-0.2, -0.15) is 13.2 Å². The standard InChI is InChI=1S/C23H26F3N3O2/c1-15-11-16(2)13-20(12-15)27-21(30)14-29-9-7-17(8-10-29)22(31)28-19-5-3-18(4-6-19)23(24,25)26/h3-6,11-13,17H,7-10,14H2,1-2H3,(H,27,30)(H,28,31). The lowest BCUT2D eigenvalue weighted by Crippen LogP contribution is -2.41. The molecule has 0 spiro atoms. The van der Waals surface area contributed by atoms with Crippen LogP contribution in [0.4, 0.5) is 24.5 Å². The number of amides is 2. The molecular formula is C23H26F3N3O2. The van der Waals surface area contributed by atoms with E-state index in [0.717, 1.165) is 28.9 Å². The minimum absolute atomic E-state index is 0.0994. The SMILES string of the molecule is Cc1cc(C)cc(NC(=O)CN2CCC(C(=O)Nc3ccc(C(F)(F)F)cc3)CC2)c1. The molecule has 0 radical (unpaired) electrons. The predicted octanol–water partition coefficient (Wildman–Crippen LogP) is 4.61. The van der Waals surface area contributed by atoms with Crippen LogP contribution in [0.1, 0.15) is 29.5 Å². The van der Waals surface area contributed by atoms with Crippen molar-refractivity contribution < 1.29 is 22.8 Å². The molecule has 0 saturated carbocycles. The van der Waals surface area contributed by atoms with Gasteiger partial charge in [0.05, 0.1) is 12.1 Å². The van der Waals surface area contributed by atoms with Gasteiger partial charge in [0.15, 0.2) is 0 Å². The van der Waals surface area contributed by atoms with Crippen molar-refractivity contribution in [2.45, 2.75) is 32.9 Å². The summed E-state index contributed by atoms with van der Waals surface area (Å²) in [6, 6.07) is 10.3. The van der Waals surface area contributed by atoms with Crippen LogP contribution in [-0.2, 0) is 15.8 Å². The summed E-state index contributed by atoms with van der Waals surface area (Å²) in [5, 5.41) is 5.60. The fourth-order valence-corrected chi connectivity index (χ4v) is 3.79. The lowest BCUT2D eigenvalue weighted by atomic mass is 9.95. The van der Waals surface area contributed by atoms with Crippen molar-refractivity contribution in [3.05, 3.63) is 59.2 Å². The number of rotatable bonds is 5. The second kappa shape index (κ2) is 9.51. The van der Waals surface area contributed by atoms with Crippen LogP contribution in [0.2, 0.25) is 0 Å². The fraction of sp³-hybridized carbons (Fsp3) is 0.391. The number of alkyl halides is 3. The Morgan fingerprint density at radius 1 is 0.935 bits per heavy atom. The summed E-state index contributed by atoms with van der Waals surface area (Å²) in [5.74, 6) is -0.544. The van der Waals surface area contributed by atoms with Gasteiger partial charge in [-0.15, -0.1) is 0 Å². The molecule has 166 valence electrons. The van der Waals surface area contributed by atoms with Gasteiger partial charge < -0.3 is 10.6 Å². The number of nitrogens with zero attached hydrogens (tertiary/aromatic N) is 1. The monoisotopic (exact) mass is 433 g/mol. The van der Waals surface area contributed by atoms with E-state index in [2.05, 4.69) is 10.6 Å². The average Bonchev–Trinajstić information content (AvgIpc) is 2.67. The van der Waals surface area contributed by atoms with Gasteiger partial charge in [0, 0.05) is 17.3 Å². The van der Waals surface area contributed by atoms with Crippen LogP contribution < -0.4 is 10.6 Å². The number of likely N-dealkylation sites (tertiary alicyclic amines) is 1. The number of aryl methyl sites for hydroxylation is 2. The number of carbonyl (C=O) groups excluding carboxylic acids is 2. The number of piperidine rings is 1. The Balaban J connectivity index is 1.45. The number of nitrogens with one attached hydrogen (secondary N) is 2. The van der Waals surface area contributed by atoms with Gasteiger partial charge in [-0.3, -0.25) is 14.5 Å². The Morgan fingerprint density at radius 3 is 2.06 bits per heavy atom. The summed E-state index contributed by atoms with van der Waals surface area (Å²) in [6.45, 7) is 5.41. The lowest BCUT2D eigenvalue weighted by molar-refractivity contribution is -0.137. The van der Waals surface area contributed by atoms with Gasteiger partial charge in [0.2, 0.25) is 11.8 Å². The largest absolute Gasteiger partial charge is 0.416 e. The molecule has 1 aliphatic rings. The number of carbonyl (C=O) groups is 2. The van der Waals surface area contributed by atoms with Gasteiger partial charge in [-0.05, 0) is 87.3 Å². The minimum Gasteiger partial charge on any atom is -0.326 e. The summed E-state index contributed by atoms with van der Waals surface area (Å²) < 4.78 is 37.9. The molecule has 3 rings (SSSR count). The van der Waals surface area contributed by atoms with Gasteiger partial charge in [-0.1, -0.05) is 6.07 Å². The third kappa shape index (κ3) is 6.55. The van der Waals surface area contributed by atoms with Gasteiger partial charge in [0.1, 0.15) is 0 Å². The maximum atomic E-state index is 12.6. The Hall–Kier alpha value is -2.87. The first-order chi connectivity index (χ1) is 14.6. The number of halogens is 3. The van der Waals surface area contributed by atoms with Gasteiger partial charge >= 0.3 is 6.18 Å². The van der Waals surface area contributed by atoms with Crippen molar-refractivity contribution in [2.24, 2.45) is 5.92 Å². The normalized spacial score (nSPS) is 15.5. The van der Waals surface area contributed by atoms with Gasteiger partial charge in [0.25, 0.3) is 0 Å². The van der Waals surface area contributed by atoms with Crippen molar-refractivity contribution in [1.29, 1.82) is 0 Å². The van der Waals surface area contributed by atoms with Crippen LogP contribution in [0, 0.1) is 19.8 Å². The molecule has 0 unspecified atom stereocenters. The van der Waals surface area contributed by atoms with E-state index in [0.29, 0.717) is 31.6 Å². The predicted molar refractivity (Wildman–Crippen MR) is 114 cm³/mol. The second-order valence-corrected chi connectivity index (χ2v) is 8.04. The second-order valence-electron chi connectivity index (χ2n) is 8.04. The summed E-state index contributed by atoms with van der Waals surface area (Å²) in [4.78, 5) is 26.8. The molecule has 2 amide bonds. The zero-order chi connectivity index (χ0) is 22.6. The molecule has 0 bridgehead atoms. The van der Waals surface area contributed by atoms with Crippen LogP contribution in [0.3, 0.4) is 0 Å². The molecule has 2 aromatic rings. The maximum Gasteiger partial charge on any atom is 0.416 e. The molecule has 1 saturated heterocycles. The molecule has 31 heavy (non-hydrogen) atoms. The molecule has 1 aliphatic heterocycles. The first-order valence-corrected chi connectivity index (χ1v) is 10.2. The highest BCUT2D eigenvalue weighted by Crippen LogP contribution is 2.30. The van der Waals surface area contributed by atoms with E-state index in [-0.39, 0.29) is 24.3 Å². The molecule has 8 heteroatoms. The van der Waals surface area contributed by atoms with Crippen LogP contribution in [-0.4, -0.2) is 36.3 Å². The van der Waals surface area contributed by atoms with Crippen LogP contribution >= 0.6 is 0 Å². The number of anilines is 2. The number of benzene rings is 2. The molecule has 0 aromatic heterocycles. The molecule has 1 heterocycles. The van der Waals surface area contributed by atoms with Crippen molar-refractivity contribution in [3.63, 3.8) is 0 Å². The highest BCUT2D eigenvalue weighted by atomic mass is 19.4. The molecule has 2 aromatic carbocycles. The summed E-state index contributed by atoms with van der Waals surface area (Å²) in [5.41, 5.74) is 2.52.